The number of anilines is 1. The third-order valence-electron chi connectivity index (χ3n) is 4.08. The molecule has 0 bridgehead atoms. The van der Waals surface area contributed by atoms with Crippen LogP contribution in [-0.4, -0.2) is 17.7 Å². The highest BCUT2D eigenvalue weighted by molar-refractivity contribution is 6.00. The molecule has 1 saturated carbocycles. The molecule has 0 spiro atoms. The Balaban J connectivity index is 1.58. The van der Waals surface area contributed by atoms with E-state index < -0.39 is 11.2 Å². The van der Waals surface area contributed by atoms with E-state index in [1.54, 1.807) is 0 Å². The van der Waals surface area contributed by atoms with Crippen molar-refractivity contribution in [3.8, 4) is 11.5 Å². The Bertz CT molecular complexity index is 742. The second-order valence-corrected chi connectivity index (χ2v) is 5.47. The maximum atomic E-state index is 12.9. The van der Waals surface area contributed by atoms with Crippen LogP contribution in [0.15, 0.2) is 36.5 Å². The first-order valence-corrected chi connectivity index (χ1v) is 7.01. The van der Waals surface area contributed by atoms with Crippen LogP contribution in [0.5, 0.6) is 11.5 Å². The van der Waals surface area contributed by atoms with Gasteiger partial charge in [0, 0.05) is 0 Å². The molecule has 1 N–H and O–H groups in total. The second kappa shape index (κ2) is 4.69. The van der Waals surface area contributed by atoms with Gasteiger partial charge < -0.3 is 14.8 Å². The van der Waals surface area contributed by atoms with Gasteiger partial charge in [-0.05, 0) is 42.7 Å². The van der Waals surface area contributed by atoms with E-state index in [0.717, 1.165) is 24.6 Å². The van der Waals surface area contributed by atoms with Crippen LogP contribution < -0.4 is 14.8 Å². The number of ether oxygens (including phenoxy) is 2. The number of rotatable bonds is 3. The van der Waals surface area contributed by atoms with Gasteiger partial charge in [0.1, 0.15) is 11.6 Å². The number of amides is 1. The minimum atomic E-state index is -0.558. The maximum Gasteiger partial charge on any atom is 0.236 e. The highest BCUT2D eigenvalue weighted by Gasteiger charge is 2.51. The van der Waals surface area contributed by atoms with E-state index in [-0.39, 0.29) is 12.7 Å². The summed E-state index contributed by atoms with van der Waals surface area (Å²) in [5.41, 5.74) is 0.341. The van der Waals surface area contributed by atoms with Crippen molar-refractivity contribution in [2.75, 3.05) is 12.1 Å². The standard InChI is InChI=1S/C16H13FN2O3/c17-11-2-4-14(18-8-11)19-15(20)16(5-6-16)10-1-3-12-13(7-10)22-9-21-12/h1-4,7-8H,5-6,9H2,(H,18,19,20). The Labute approximate surface area is 126 Å². The summed E-state index contributed by atoms with van der Waals surface area (Å²) in [5, 5.41) is 2.75. The van der Waals surface area contributed by atoms with Crippen LogP contribution in [-0.2, 0) is 10.2 Å². The molecule has 5 nitrogen and oxygen atoms in total. The van der Waals surface area contributed by atoms with Gasteiger partial charge in [0.25, 0.3) is 0 Å². The predicted octanol–water partition coefficient (Wildman–Crippen LogP) is 2.62. The lowest BCUT2D eigenvalue weighted by Crippen LogP contribution is -2.28. The van der Waals surface area contributed by atoms with Crippen molar-refractivity contribution in [1.29, 1.82) is 0 Å². The summed E-state index contributed by atoms with van der Waals surface area (Å²) in [4.78, 5) is 16.4. The van der Waals surface area contributed by atoms with Gasteiger partial charge in [-0.1, -0.05) is 6.07 Å². The number of carbonyl (C=O) groups excluding carboxylic acids is 1. The number of carbonyl (C=O) groups is 1. The molecular formula is C16H13FN2O3. The summed E-state index contributed by atoms with van der Waals surface area (Å²) in [5.74, 6) is 1.13. The zero-order valence-electron chi connectivity index (χ0n) is 11.6. The van der Waals surface area contributed by atoms with E-state index >= 15 is 0 Å². The van der Waals surface area contributed by atoms with E-state index in [4.69, 9.17) is 9.47 Å². The zero-order chi connectivity index (χ0) is 15.2. The lowest BCUT2D eigenvalue weighted by Gasteiger charge is -2.15. The van der Waals surface area contributed by atoms with Gasteiger partial charge in [-0.15, -0.1) is 0 Å². The molecule has 112 valence electrons. The van der Waals surface area contributed by atoms with Gasteiger partial charge in [-0.3, -0.25) is 4.79 Å². The predicted molar refractivity (Wildman–Crippen MR) is 76.3 cm³/mol. The third-order valence-corrected chi connectivity index (χ3v) is 4.08. The zero-order valence-corrected chi connectivity index (χ0v) is 11.6. The molecule has 2 aromatic rings. The highest BCUT2D eigenvalue weighted by atomic mass is 19.1. The molecule has 1 aliphatic carbocycles. The normalized spacial score (nSPS) is 17.1. The lowest BCUT2D eigenvalue weighted by molar-refractivity contribution is -0.118. The second-order valence-electron chi connectivity index (χ2n) is 5.47. The molecule has 22 heavy (non-hydrogen) atoms. The number of pyridine rings is 1. The van der Waals surface area contributed by atoms with Crippen molar-refractivity contribution in [2.24, 2.45) is 0 Å². The Kier molecular flexibility index (Phi) is 2.79. The molecule has 2 aliphatic rings. The van der Waals surface area contributed by atoms with E-state index in [9.17, 15) is 9.18 Å². The number of nitrogens with one attached hydrogen (secondary N) is 1. The average molecular weight is 300 g/mol. The number of halogens is 1. The molecule has 1 fully saturated rings. The number of benzene rings is 1. The van der Waals surface area contributed by atoms with Crippen molar-refractivity contribution >= 4 is 11.7 Å². The first-order chi connectivity index (χ1) is 10.7. The van der Waals surface area contributed by atoms with Gasteiger partial charge in [-0.25, -0.2) is 9.37 Å². The molecule has 1 aromatic heterocycles. The molecule has 0 radical (unpaired) electrons. The molecular weight excluding hydrogens is 287 g/mol. The first-order valence-electron chi connectivity index (χ1n) is 7.01. The van der Waals surface area contributed by atoms with Crippen LogP contribution in [0.1, 0.15) is 18.4 Å². The van der Waals surface area contributed by atoms with Crippen molar-refractivity contribution in [3.63, 3.8) is 0 Å². The van der Waals surface area contributed by atoms with E-state index in [0.29, 0.717) is 17.3 Å². The number of hydrogen-bond acceptors (Lipinski definition) is 4. The minimum Gasteiger partial charge on any atom is -0.454 e. The number of fused-ring (bicyclic) bond motifs is 1. The summed E-state index contributed by atoms with van der Waals surface area (Å²) in [6, 6.07) is 8.28. The topological polar surface area (TPSA) is 60.5 Å². The van der Waals surface area contributed by atoms with Crippen LogP contribution in [0.3, 0.4) is 0 Å². The Morgan fingerprint density at radius 1 is 1.18 bits per heavy atom. The summed E-state index contributed by atoms with van der Waals surface area (Å²) in [6.07, 6.45) is 2.61. The molecule has 4 rings (SSSR count). The van der Waals surface area contributed by atoms with Crippen molar-refractivity contribution in [2.45, 2.75) is 18.3 Å². The van der Waals surface area contributed by atoms with Gasteiger partial charge in [-0.2, -0.15) is 0 Å². The van der Waals surface area contributed by atoms with E-state index in [1.807, 2.05) is 18.2 Å². The molecule has 0 atom stereocenters. The molecule has 1 aliphatic heterocycles. The fraction of sp³-hybridized carbons (Fsp3) is 0.250. The van der Waals surface area contributed by atoms with Crippen molar-refractivity contribution in [1.82, 2.24) is 4.98 Å². The van der Waals surface area contributed by atoms with Crippen molar-refractivity contribution in [3.05, 3.63) is 47.9 Å². The van der Waals surface area contributed by atoms with Crippen molar-refractivity contribution < 1.29 is 18.7 Å². The average Bonchev–Trinajstić information content (AvgIpc) is 3.21. The van der Waals surface area contributed by atoms with E-state index in [2.05, 4.69) is 10.3 Å². The Hall–Kier alpha value is -2.63. The van der Waals surface area contributed by atoms with Gasteiger partial charge >= 0.3 is 0 Å². The van der Waals surface area contributed by atoms with Crippen LogP contribution in [0.4, 0.5) is 10.2 Å². The largest absolute Gasteiger partial charge is 0.454 e. The SMILES string of the molecule is O=C(Nc1ccc(F)cn1)C1(c2ccc3c(c2)OCO3)CC1. The molecule has 6 heteroatoms. The first kappa shape index (κ1) is 13.1. The minimum absolute atomic E-state index is 0.134. The summed E-state index contributed by atoms with van der Waals surface area (Å²) < 4.78 is 23.5. The van der Waals surface area contributed by atoms with Gasteiger partial charge in [0.05, 0.1) is 11.6 Å². The fourth-order valence-corrected chi connectivity index (χ4v) is 2.65. The summed E-state index contributed by atoms with van der Waals surface area (Å²) in [7, 11) is 0. The fourth-order valence-electron chi connectivity index (χ4n) is 2.65. The molecule has 0 saturated heterocycles. The number of nitrogens with zero attached hydrogens (tertiary/aromatic N) is 1. The molecule has 2 heterocycles. The third kappa shape index (κ3) is 2.07. The summed E-state index contributed by atoms with van der Waals surface area (Å²) in [6.45, 7) is 0.206. The van der Waals surface area contributed by atoms with Crippen LogP contribution in [0.25, 0.3) is 0 Å². The van der Waals surface area contributed by atoms with Crippen LogP contribution in [0, 0.1) is 5.82 Å². The molecule has 1 amide bonds. The Morgan fingerprint density at radius 3 is 2.73 bits per heavy atom. The quantitative estimate of drug-likeness (QED) is 0.946. The summed E-state index contributed by atoms with van der Waals surface area (Å²) >= 11 is 0. The van der Waals surface area contributed by atoms with E-state index in [1.165, 1.54) is 12.1 Å². The maximum absolute atomic E-state index is 12.9. The number of hydrogen-bond donors (Lipinski definition) is 1. The van der Waals surface area contributed by atoms with Gasteiger partial charge in [0.2, 0.25) is 12.7 Å². The molecule has 1 aromatic carbocycles. The Morgan fingerprint density at radius 2 is 2.00 bits per heavy atom. The lowest BCUT2D eigenvalue weighted by atomic mass is 9.94. The molecule has 0 unspecified atom stereocenters. The van der Waals surface area contributed by atoms with Crippen LogP contribution in [0.2, 0.25) is 0 Å². The van der Waals surface area contributed by atoms with Gasteiger partial charge in [0.15, 0.2) is 11.5 Å². The number of aromatic nitrogens is 1. The van der Waals surface area contributed by atoms with Crippen LogP contribution >= 0.6 is 0 Å². The monoisotopic (exact) mass is 300 g/mol. The highest BCUT2D eigenvalue weighted by Crippen LogP contribution is 2.51. The smallest absolute Gasteiger partial charge is 0.236 e.